The topological polar surface area (TPSA) is 158 Å². The molecule has 0 aliphatic carbocycles. The third-order valence-electron chi connectivity index (χ3n) is 2.21. The fraction of sp³-hybridized carbons (Fsp3) is 0.667. The summed E-state index contributed by atoms with van der Waals surface area (Å²) in [5.41, 5.74) is 18.3. The zero-order valence-corrected chi connectivity index (χ0v) is 10.7. The summed E-state index contributed by atoms with van der Waals surface area (Å²) in [6.45, 7) is -0.630. The van der Waals surface area contributed by atoms with E-state index in [4.69, 9.17) is 17.0 Å². The monoisotopic (exact) mass is 271 g/mol. The highest BCUT2D eigenvalue weighted by molar-refractivity contribution is 5.88. The molecule has 10 nitrogen and oxygen atoms in total. The fourth-order valence-electron chi connectivity index (χ4n) is 1.24. The molecule has 0 saturated carbocycles. The number of primary amides is 1. The van der Waals surface area contributed by atoms with Gasteiger partial charge in [0.25, 0.3) is 0 Å². The van der Waals surface area contributed by atoms with Gasteiger partial charge in [0.15, 0.2) is 0 Å². The predicted molar refractivity (Wildman–Crippen MR) is 66.5 cm³/mol. The van der Waals surface area contributed by atoms with E-state index in [1.165, 1.54) is 7.05 Å². The van der Waals surface area contributed by atoms with Crippen LogP contribution >= 0.6 is 0 Å². The fourth-order valence-corrected chi connectivity index (χ4v) is 1.24. The molecule has 0 fully saturated rings. The lowest BCUT2D eigenvalue weighted by Gasteiger charge is -2.23. The predicted octanol–water partition coefficient (Wildman–Crippen LogP) is -1.97. The van der Waals surface area contributed by atoms with Crippen LogP contribution in [0.3, 0.4) is 0 Å². The number of likely N-dealkylation sites (N-methyl/N-ethyl adjacent to an activating group) is 1. The van der Waals surface area contributed by atoms with E-state index in [0.717, 1.165) is 9.80 Å². The zero-order chi connectivity index (χ0) is 14.8. The van der Waals surface area contributed by atoms with Crippen LogP contribution in [0.15, 0.2) is 5.11 Å². The molecule has 0 aliphatic heterocycles. The maximum absolute atomic E-state index is 11.7. The molecule has 0 aromatic heterocycles. The first kappa shape index (κ1) is 16.7. The average Bonchev–Trinajstić information content (AvgIpc) is 2.35. The molecule has 0 rings (SSSR count). The van der Waals surface area contributed by atoms with Gasteiger partial charge in [-0.25, -0.2) is 0 Å². The zero-order valence-electron chi connectivity index (χ0n) is 10.7. The number of carbonyl (C=O) groups is 3. The van der Waals surface area contributed by atoms with Crippen molar-refractivity contribution >= 4 is 17.7 Å². The van der Waals surface area contributed by atoms with Crippen LogP contribution in [-0.2, 0) is 14.4 Å². The summed E-state index contributed by atoms with van der Waals surface area (Å²) >= 11 is 0. The standard InChI is InChI=1S/C9H17N7O3/c1-15(5-7(11)17)9(19)6-16(8(18)4-10)3-2-13-14-12/h2-6,10H2,1H3,(H2,11,17). The molecule has 0 aliphatic rings. The largest absolute Gasteiger partial charge is 0.368 e. The van der Waals surface area contributed by atoms with E-state index in [1.54, 1.807) is 0 Å². The van der Waals surface area contributed by atoms with Crippen molar-refractivity contribution in [1.82, 2.24) is 9.80 Å². The van der Waals surface area contributed by atoms with Crippen molar-refractivity contribution in [2.24, 2.45) is 16.6 Å². The number of nitrogens with zero attached hydrogens (tertiary/aromatic N) is 5. The van der Waals surface area contributed by atoms with E-state index in [-0.39, 0.29) is 32.7 Å². The Kier molecular flexibility index (Phi) is 7.66. The van der Waals surface area contributed by atoms with Gasteiger partial charge in [0.05, 0.1) is 19.6 Å². The van der Waals surface area contributed by atoms with Gasteiger partial charge < -0.3 is 21.3 Å². The van der Waals surface area contributed by atoms with Gasteiger partial charge >= 0.3 is 0 Å². The van der Waals surface area contributed by atoms with Crippen molar-refractivity contribution < 1.29 is 14.4 Å². The molecule has 0 aromatic rings. The van der Waals surface area contributed by atoms with Crippen LogP contribution in [0.1, 0.15) is 0 Å². The molecule has 0 heterocycles. The molecule has 0 atom stereocenters. The third kappa shape index (κ3) is 6.86. The van der Waals surface area contributed by atoms with Crippen molar-refractivity contribution in [2.75, 3.05) is 39.8 Å². The number of nitrogens with two attached hydrogens (primary N) is 2. The summed E-state index contributed by atoms with van der Waals surface area (Å²) < 4.78 is 0. The number of hydrogen-bond donors (Lipinski definition) is 2. The highest BCUT2D eigenvalue weighted by Crippen LogP contribution is 1.94. The molecule has 3 amide bonds. The average molecular weight is 271 g/mol. The van der Waals surface area contributed by atoms with Gasteiger partial charge in [-0.15, -0.1) is 0 Å². The van der Waals surface area contributed by atoms with Crippen LogP contribution < -0.4 is 11.5 Å². The van der Waals surface area contributed by atoms with Crippen molar-refractivity contribution in [1.29, 1.82) is 0 Å². The van der Waals surface area contributed by atoms with E-state index in [9.17, 15) is 14.4 Å². The van der Waals surface area contributed by atoms with Crippen molar-refractivity contribution in [2.45, 2.75) is 0 Å². The van der Waals surface area contributed by atoms with Gasteiger partial charge in [-0.05, 0) is 5.53 Å². The van der Waals surface area contributed by atoms with Crippen LogP contribution in [0.5, 0.6) is 0 Å². The second-order valence-electron chi connectivity index (χ2n) is 3.69. The quantitative estimate of drug-likeness (QED) is 0.298. The van der Waals surface area contributed by atoms with Crippen LogP contribution in [0.2, 0.25) is 0 Å². The van der Waals surface area contributed by atoms with Gasteiger partial charge in [-0.1, -0.05) is 5.11 Å². The Morgan fingerprint density at radius 1 is 1.26 bits per heavy atom. The molecule has 0 radical (unpaired) electrons. The van der Waals surface area contributed by atoms with Gasteiger partial charge in [0, 0.05) is 25.0 Å². The number of azide groups is 1. The Morgan fingerprint density at radius 2 is 1.89 bits per heavy atom. The second kappa shape index (κ2) is 8.72. The Bertz CT molecular complexity index is 391. The minimum absolute atomic E-state index is 0.0368. The third-order valence-corrected chi connectivity index (χ3v) is 2.21. The van der Waals surface area contributed by atoms with Crippen LogP contribution in [-0.4, -0.2) is 67.3 Å². The molecule has 4 N–H and O–H groups in total. The highest BCUT2D eigenvalue weighted by atomic mass is 16.2. The minimum Gasteiger partial charge on any atom is -0.368 e. The van der Waals surface area contributed by atoms with E-state index in [1.807, 2.05) is 0 Å². The lowest BCUT2D eigenvalue weighted by Crippen LogP contribution is -2.46. The van der Waals surface area contributed by atoms with Gasteiger partial charge in [0.1, 0.15) is 0 Å². The minimum atomic E-state index is -0.651. The molecule has 10 heteroatoms. The Morgan fingerprint density at radius 3 is 2.37 bits per heavy atom. The summed E-state index contributed by atoms with van der Waals surface area (Å²) in [7, 11) is 1.39. The first-order valence-electron chi connectivity index (χ1n) is 5.43. The molecule has 0 aromatic carbocycles. The summed E-state index contributed by atoms with van der Waals surface area (Å²) in [6, 6.07) is 0. The lowest BCUT2D eigenvalue weighted by atomic mass is 10.4. The van der Waals surface area contributed by atoms with Crippen molar-refractivity contribution in [3.8, 4) is 0 Å². The van der Waals surface area contributed by atoms with E-state index < -0.39 is 17.7 Å². The molecule has 0 unspecified atom stereocenters. The number of carbonyl (C=O) groups excluding carboxylic acids is 3. The first-order valence-corrected chi connectivity index (χ1v) is 5.43. The molecular formula is C9H17N7O3. The molecule has 106 valence electrons. The van der Waals surface area contributed by atoms with Gasteiger partial charge in [-0.2, -0.15) is 0 Å². The van der Waals surface area contributed by atoms with Crippen molar-refractivity contribution in [3.05, 3.63) is 10.4 Å². The summed E-state index contributed by atoms with van der Waals surface area (Å²) in [5, 5.41) is 3.28. The Balaban J connectivity index is 4.53. The van der Waals surface area contributed by atoms with Crippen LogP contribution in [0.25, 0.3) is 10.4 Å². The normalized spacial score (nSPS) is 9.37. The lowest BCUT2D eigenvalue weighted by molar-refractivity contribution is -0.140. The maximum atomic E-state index is 11.7. The Hall–Kier alpha value is -2.32. The molecule has 19 heavy (non-hydrogen) atoms. The van der Waals surface area contributed by atoms with Crippen LogP contribution in [0, 0.1) is 0 Å². The molecule has 0 bridgehead atoms. The summed E-state index contributed by atoms with van der Waals surface area (Å²) in [6.07, 6.45) is 0. The molecule has 0 spiro atoms. The van der Waals surface area contributed by atoms with E-state index in [2.05, 4.69) is 10.0 Å². The highest BCUT2D eigenvalue weighted by Gasteiger charge is 2.18. The van der Waals surface area contributed by atoms with Crippen molar-refractivity contribution in [3.63, 3.8) is 0 Å². The Labute approximate surface area is 109 Å². The van der Waals surface area contributed by atoms with E-state index in [0.29, 0.717) is 0 Å². The first-order chi connectivity index (χ1) is 8.92. The van der Waals surface area contributed by atoms with Crippen LogP contribution in [0.4, 0.5) is 0 Å². The number of hydrogen-bond acceptors (Lipinski definition) is 5. The molecule has 0 saturated heterocycles. The summed E-state index contributed by atoms with van der Waals surface area (Å²) in [5.74, 6) is -1.56. The maximum Gasteiger partial charge on any atom is 0.242 e. The molecular weight excluding hydrogens is 254 g/mol. The number of rotatable bonds is 8. The second-order valence-corrected chi connectivity index (χ2v) is 3.69. The van der Waals surface area contributed by atoms with E-state index >= 15 is 0 Å². The van der Waals surface area contributed by atoms with Gasteiger partial charge in [0.2, 0.25) is 17.7 Å². The summed E-state index contributed by atoms with van der Waals surface area (Å²) in [4.78, 5) is 38.7. The SMILES string of the molecule is CN(CC(N)=O)C(=O)CN(CCN=[N+]=[N-])C(=O)CN. The number of amides is 3. The van der Waals surface area contributed by atoms with Gasteiger partial charge in [-0.3, -0.25) is 14.4 Å². The smallest absolute Gasteiger partial charge is 0.242 e.